The summed E-state index contributed by atoms with van der Waals surface area (Å²) in [6, 6.07) is 11.0. The molecule has 0 N–H and O–H groups in total. The van der Waals surface area contributed by atoms with E-state index in [1.165, 1.54) is 12.4 Å². The lowest BCUT2D eigenvalue weighted by Gasteiger charge is -2.33. The quantitative estimate of drug-likeness (QED) is 0.300. The van der Waals surface area contributed by atoms with E-state index in [9.17, 15) is 8.42 Å². The van der Waals surface area contributed by atoms with Gasteiger partial charge in [-0.15, -0.1) is 16.2 Å². The summed E-state index contributed by atoms with van der Waals surface area (Å²) in [7, 11) is 1.27. The Balaban J connectivity index is 1.50. The van der Waals surface area contributed by atoms with Gasteiger partial charge in [-0.05, 0) is 61.2 Å². The van der Waals surface area contributed by atoms with Gasteiger partial charge in [0.1, 0.15) is 12.1 Å². The van der Waals surface area contributed by atoms with Gasteiger partial charge >= 0.3 is 0 Å². The Hall–Kier alpha value is -2.33. The average molecular weight is 533 g/mol. The van der Waals surface area contributed by atoms with Crippen molar-refractivity contribution in [3.05, 3.63) is 59.4 Å². The zero-order valence-electron chi connectivity index (χ0n) is 20.0. The van der Waals surface area contributed by atoms with Crippen molar-refractivity contribution in [1.82, 2.24) is 14.8 Å². The largest absolute Gasteiger partial charge is 0.496 e. The molecule has 186 valence electrons. The minimum atomic E-state index is -3.79. The number of likely N-dealkylation sites (tertiary alicyclic amines) is 1. The molecule has 10 heteroatoms. The summed E-state index contributed by atoms with van der Waals surface area (Å²) in [6.45, 7) is 2.40. The van der Waals surface area contributed by atoms with Crippen LogP contribution in [-0.4, -0.2) is 69.1 Å². The smallest absolute Gasteiger partial charge is 0.283 e. The number of piperidine rings is 1. The number of benzene rings is 2. The molecule has 1 fully saturated rings. The molecule has 0 spiro atoms. The van der Waals surface area contributed by atoms with Crippen LogP contribution in [0.5, 0.6) is 5.75 Å². The SMILES string of the molecule is COc1ccc(S(=O)(=O)N=CN(C)C)cc1CN1CCCC(Sc2cc3ccncc3cc2Cl)C1. The van der Waals surface area contributed by atoms with Gasteiger partial charge in [-0.2, -0.15) is 8.42 Å². The second-order valence-electron chi connectivity index (χ2n) is 8.76. The second kappa shape index (κ2) is 11.2. The summed E-state index contributed by atoms with van der Waals surface area (Å²) in [6.07, 6.45) is 7.06. The molecule has 1 aliphatic rings. The standard InChI is InChI=1S/C25H29ClN4O3S2/c1-29(2)17-28-35(31,32)22-6-7-24(33-3)20(11-22)15-30-10-4-5-21(16-30)34-25-13-18-8-9-27-14-19(18)12-23(25)26/h6-9,11-14,17,21H,4-5,10,15-16H2,1-3H3. The molecule has 1 unspecified atom stereocenters. The summed E-state index contributed by atoms with van der Waals surface area (Å²) >= 11 is 8.39. The number of nitrogens with zero attached hydrogens (tertiary/aromatic N) is 4. The minimum Gasteiger partial charge on any atom is -0.496 e. The highest BCUT2D eigenvalue weighted by molar-refractivity contribution is 8.00. The van der Waals surface area contributed by atoms with Crippen LogP contribution in [0, 0.1) is 0 Å². The van der Waals surface area contributed by atoms with Gasteiger partial charge in [-0.3, -0.25) is 9.88 Å². The van der Waals surface area contributed by atoms with Crippen LogP contribution < -0.4 is 4.74 Å². The number of sulfonamides is 1. The lowest BCUT2D eigenvalue weighted by molar-refractivity contribution is 0.223. The van der Waals surface area contributed by atoms with E-state index in [1.54, 1.807) is 56.2 Å². The van der Waals surface area contributed by atoms with Crippen molar-refractivity contribution in [2.45, 2.75) is 34.4 Å². The molecule has 2 heterocycles. The molecule has 1 aliphatic heterocycles. The Morgan fingerprint density at radius 2 is 2.09 bits per heavy atom. The van der Waals surface area contributed by atoms with Crippen LogP contribution in [0.1, 0.15) is 18.4 Å². The normalized spacial score (nSPS) is 17.2. The predicted octanol–water partition coefficient (Wildman–Crippen LogP) is 4.93. The molecular formula is C25H29ClN4O3S2. The van der Waals surface area contributed by atoms with Crippen LogP contribution >= 0.6 is 23.4 Å². The van der Waals surface area contributed by atoms with Crippen molar-refractivity contribution < 1.29 is 13.2 Å². The van der Waals surface area contributed by atoms with Gasteiger partial charge in [0.2, 0.25) is 0 Å². The van der Waals surface area contributed by atoms with Gasteiger partial charge in [-0.1, -0.05) is 11.6 Å². The fraction of sp³-hybridized carbons (Fsp3) is 0.360. The van der Waals surface area contributed by atoms with Crippen LogP contribution in [0.15, 0.2) is 63.0 Å². The topological polar surface area (TPSA) is 75.1 Å². The van der Waals surface area contributed by atoms with E-state index >= 15 is 0 Å². The number of thioether (sulfide) groups is 1. The molecule has 1 saturated heterocycles. The van der Waals surface area contributed by atoms with Gasteiger partial charge in [-0.25, -0.2) is 0 Å². The van der Waals surface area contributed by atoms with E-state index in [0.717, 1.165) is 52.2 Å². The van der Waals surface area contributed by atoms with Gasteiger partial charge in [0.25, 0.3) is 10.0 Å². The van der Waals surface area contributed by atoms with E-state index in [4.69, 9.17) is 16.3 Å². The minimum absolute atomic E-state index is 0.159. The molecule has 0 radical (unpaired) electrons. The van der Waals surface area contributed by atoms with Crippen molar-refractivity contribution in [1.29, 1.82) is 0 Å². The van der Waals surface area contributed by atoms with Gasteiger partial charge in [0.15, 0.2) is 0 Å². The molecule has 3 aromatic rings. The summed E-state index contributed by atoms with van der Waals surface area (Å²) in [4.78, 5) is 9.34. The third-order valence-corrected chi connectivity index (χ3v) is 8.76. The highest BCUT2D eigenvalue weighted by atomic mass is 35.5. The number of pyridine rings is 1. The molecule has 7 nitrogen and oxygen atoms in total. The first kappa shape index (κ1) is 25.8. The van der Waals surface area contributed by atoms with Crippen molar-refractivity contribution >= 4 is 50.5 Å². The first-order valence-corrected chi connectivity index (χ1v) is 14.0. The summed E-state index contributed by atoms with van der Waals surface area (Å²) in [5.74, 6) is 0.668. The fourth-order valence-corrected chi connectivity index (χ4v) is 6.67. The van der Waals surface area contributed by atoms with E-state index in [-0.39, 0.29) is 4.90 Å². The number of ether oxygens (including phenoxy) is 1. The molecular weight excluding hydrogens is 504 g/mol. The highest BCUT2D eigenvalue weighted by Crippen LogP contribution is 2.37. The Morgan fingerprint density at radius 3 is 2.86 bits per heavy atom. The van der Waals surface area contributed by atoms with Crippen LogP contribution in [0.25, 0.3) is 10.8 Å². The molecule has 2 aromatic carbocycles. The highest BCUT2D eigenvalue weighted by Gasteiger charge is 2.24. The Morgan fingerprint density at radius 1 is 1.26 bits per heavy atom. The lowest BCUT2D eigenvalue weighted by atomic mass is 10.1. The zero-order valence-corrected chi connectivity index (χ0v) is 22.4. The second-order valence-corrected chi connectivity index (χ2v) is 12.1. The maximum Gasteiger partial charge on any atom is 0.283 e. The molecule has 1 aromatic heterocycles. The van der Waals surface area contributed by atoms with E-state index in [0.29, 0.717) is 17.5 Å². The first-order chi connectivity index (χ1) is 16.7. The van der Waals surface area contributed by atoms with Crippen LogP contribution in [-0.2, 0) is 16.6 Å². The van der Waals surface area contributed by atoms with Crippen LogP contribution in [0.2, 0.25) is 5.02 Å². The maximum atomic E-state index is 12.7. The van der Waals surface area contributed by atoms with E-state index < -0.39 is 10.0 Å². The number of hydrogen-bond donors (Lipinski definition) is 0. The van der Waals surface area contributed by atoms with E-state index in [2.05, 4.69) is 20.3 Å². The van der Waals surface area contributed by atoms with Crippen molar-refractivity contribution in [2.24, 2.45) is 4.40 Å². The maximum absolute atomic E-state index is 12.7. The van der Waals surface area contributed by atoms with Crippen molar-refractivity contribution in [3.8, 4) is 5.75 Å². The van der Waals surface area contributed by atoms with Crippen LogP contribution in [0.3, 0.4) is 0 Å². The lowest BCUT2D eigenvalue weighted by Crippen LogP contribution is -2.36. The summed E-state index contributed by atoms with van der Waals surface area (Å²) in [5.41, 5.74) is 0.829. The average Bonchev–Trinajstić information content (AvgIpc) is 2.83. The molecule has 0 saturated carbocycles. The molecule has 0 bridgehead atoms. The molecule has 1 atom stereocenters. The van der Waals surface area contributed by atoms with Gasteiger partial charge in [0.05, 0.1) is 17.0 Å². The fourth-order valence-electron chi connectivity index (χ4n) is 4.11. The molecule has 0 amide bonds. The monoisotopic (exact) mass is 532 g/mol. The molecule has 4 rings (SSSR count). The number of fused-ring (bicyclic) bond motifs is 1. The third kappa shape index (κ3) is 6.46. The number of aromatic nitrogens is 1. The number of hydrogen-bond acceptors (Lipinski definition) is 6. The van der Waals surface area contributed by atoms with Crippen LogP contribution in [0.4, 0.5) is 0 Å². The molecule has 0 aliphatic carbocycles. The number of halogens is 1. The van der Waals surface area contributed by atoms with Crippen molar-refractivity contribution in [2.75, 3.05) is 34.3 Å². The predicted molar refractivity (Wildman–Crippen MR) is 143 cm³/mol. The summed E-state index contributed by atoms with van der Waals surface area (Å²) in [5, 5.41) is 3.27. The van der Waals surface area contributed by atoms with Gasteiger partial charge in [0, 0.05) is 60.7 Å². The van der Waals surface area contributed by atoms with Gasteiger partial charge < -0.3 is 9.64 Å². The summed E-state index contributed by atoms with van der Waals surface area (Å²) < 4.78 is 34.6. The Kier molecular flexibility index (Phi) is 8.21. The number of methoxy groups -OCH3 is 1. The molecule has 35 heavy (non-hydrogen) atoms. The Bertz CT molecular complexity index is 1330. The Labute approximate surface area is 216 Å². The van der Waals surface area contributed by atoms with E-state index in [1.807, 2.05) is 18.3 Å². The first-order valence-electron chi connectivity index (χ1n) is 11.3. The third-order valence-electron chi connectivity index (χ3n) is 5.81. The number of rotatable bonds is 8. The van der Waals surface area contributed by atoms with Crippen molar-refractivity contribution in [3.63, 3.8) is 0 Å². The zero-order chi connectivity index (χ0) is 25.0.